The highest BCUT2D eigenvalue weighted by atomic mass is 35.5. The van der Waals surface area contributed by atoms with Crippen LogP contribution < -0.4 is 5.32 Å². The normalized spacial score (nSPS) is 14.4. The van der Waals surface area contributed by atoms with Gasteiger partial charge in [0.2, 0.25) is 5.91 Å². The van der Waals surface area contributed by atoms with Gasteiger partial charge in [-0.25, -0.2) is 0 Å². The lowest BCUT2D eigenvalue weighted by molar-refractivity contribution is -0.120. The average Bonchev–Trinajstić information content (AvgIpc) is 2.79. The Labute approximate surface area is 224 Å². The number of benzene rings is 1. The van der Waals surface area contributed by atoms with E-state index in [0.717, 1.165) is 34.7 Å². The molecule has 0 fully saturated rings. The summed E-state index contributed by atoms with van der Waals surface area (Å²) in [5.41, 5.74) is 2.90. The molecule has 1 aromatic rings. The van der Waals surface area contributed by atoms with Crippen molar-refractivity contribution in [2.75, 3.05) is 19.0 Å². The number of phenolic OH excluding ortho intramolecular Hbond substituents is 1. The molecule has 1 aliphatic rings. The van der Waals surface area contributed by atoms with E-state index in [-0.39, 0.29) is 16.7 Å². The predicted octanol–water partition coefficient (Wildman–Crippen LogP) is 8.19. The molecule has 2 rings (SSSR count). The van der Waals surface area contributed by atoms with E-state index in [9.17, 15) is 9.90 Å². The molecule has 6 heteroatoms. The zero-order valence-corrected chi connectivity index (χ0v) is 25.5. The fourth-order valence-corrected chi connectivity index (χ4v) is 4.63. The summed E-state index contributed by atoms with van der Waals surface area (Å²) in [6, 6.07) is 4.27. The molecule has 1 aromatic carbocycles. The van der Waals surface area contributed by atoms with Crippen LogP contribution in [0.3, 0.4) is 0 Å². The van der Waals surface area contributed by atoms with Crippen LogP contribution in [0.5, 0.6) is 5.75 Å². The van der Waals surface area contributed by atoms with Gasteiger partial charge in [0.15, 0.2) is 0 Å². The van der Waals surface area contributed by atoms with Crippen LogP contribution in [0.25, 0.3) is 0 Å². The van der Waals surface area contributed by atoms with Crippen LogP contribution in [0.2, 0.25) is 0 Å². The van der Waals surface area contributed by atoms with Gasteiger partial charge in [0.1, 0.15) is 10.8 Å². The smallest absolute Gasteiger partial charge is 0.221 e. The Hall–Kier alpha value is -1.46. The second-order valence-electron chi connectivity index (χ2n) is 10.5. The van der Waals surface area contributed by atoms with E-state index in [4.69, 9.17) is 16.6 Å². The molecule has 1 aliphatic heterocycles. The summed E-state index contributed by atoms with van der Waals surface area (Å²) >= 11 is 7.06. The highest BCUT2D eigenvalue weighted by Crippen LogP contribution is 2.41. The molecular formula is C29H49ClN2O2S. The SMILES string of the molecule is CC.CCC(C)C1=CCN=C(c2cc(C(C)(C)C)c(O)c(C(C)(C)C)c2)S1.CCNC(=O)CCCl. The molecule has 0 aliphatic carbocycles. The lowest BCUT2D eigenvalue weighted by Crippen LogP contribution is -2.22. The monoisotopic (exact) mass is 524 g/mol. The first-order chi connectivity index (χ1) is 16.3. The van der Waals surface area contributed by atoms with Gasteiger partial charge in [-0.15, -0.1) is 11.6 Å². The van der Waals surface area contributed by atoms with Crippen molar-refractivity contribution in [2.24, 2.45) is 10.9 Å². The molecule has 0 aromatic heterocycles. The second kappa shape index (κ2) is 15.6. The van der Waals surface area contributed by atoms with Crippen LogP contribution in [0.4, 0.5) is 0 Å². The van der Waals surface area contributed by atoms with Crippen molar-refractivity contribution < 1.29 is 9.90 Å². The first-order valence-electron chi connectivity index (χ1n) is 12.9. The molecule has 0 radical (unpaired) electrons. The van der Waals surface area contributed by atoms with Crippen molar-refractivity contribution in [3.8, 4) is 5.75 Å². The van der Waals surface area contributed by atoms with Gasteiger partial charge in [-0.05, 0) is 47.1 Å². The fourth-order valence-electron chi connectivity index (χ4n) is 3.33. The number of aliphatic imine (C=N–C) groups is 1. The first kappa shape index (κ1) is 33.5. The van der Waals surface area contributed by atoms with Crippen molar-refractivity contribution in [1.29, 1.82) is 0 Å². The van der Waals surface area contributed by atoms with Crippen molar-refractivity contribution in [3.63, 3.8) is 0 Å². The number of carbonyl (C=O) groups is 1. The molecule has 200 valence electrons. The molecule has 2 N–H and O–H groups in total. The third kappa shape index (κ3) is 11.0. The molecule has 0 bridgehead atoms. The summed E-state index contributed by atoms with van der Waals surface area (Å²) in [6.45, 7) is 24.7. The van der Waals surface area contributed by atoms with Gasteiger partial charge in [0.05, 0.1) is 6.54 Å². The Morgan fingerprint density at radius 2 is 1.63 bits per heavy atom. The van der Waals surface area contributed by atoms with E-state index in [1.807, 2.05) is 20.8 Å². The van der Waals surface area contributed by atoms with E-state index in [1.165, 1.54) is 4.91 Å². The minimum absolute atomic E-state index is 0.0301. The second-order valence-corrected chi connectivity index (χ2v) is 11.9. The van der Waals surface area contributed by atoms with Crippen molar-refractivity contribution >= 4 is 34.3 Å². The highest BCUT2D eigenvalue weighted by Gasteiger charge is 2.28. The van der Waals surface area contributed by atoms with Crippen LogP contribution in [-0.2, 0) is 15.6 Å². The van der Waals surface area contributed by atoms with Crippen molar-refractivity contribution in [2.45, 2.75) is 99.8 Å². The summed E-state index contributed by atoms with van der Waals surface area (Å²) in [5.74, 6) is 1.44. The topological polar surface area (TPSA) is 61.7 Å². The van der Waals surface area contributed by atoms with Gasteiger partial charge in [-0.2, -0.15) is 0 Å². The van der Waals surface area contributed by atoms with Crippen molar-refractivity contribution in [1.82, 2.24) is 5.32 Å². The predicted molar refractivity (Wildman–Crippen MR) is 157 cm³/mol. The molecule has 4 nitrogen and oxygen atoms in total. The van der Waals surface area contributed by atoms with E-state index >= 15 is 0 Å². The van der Waals surface area contributed by atoms with E-state index in [2.05, 4.69) is 78.9 Å². The number of nitrogens with zero attached hydrogens (tertiary/aromatic N) is 1. The minimum Gasteiger partial charge on any atom is -0.507 e. The lowest BCUT2D eigenvalue weighted by atomic mass is 9.78. The Kier molecular flexibility index (Phi) is 15.0. The number of alkyl halides is 1. The number of phenols is 1. The van der Waals surface area contributed by atoms with Crippen molar-refractivity contribution in [3.05, 3.63) is 39.8 Å². The minimum atomic E-state index is -0.116. The quantitative estimate of drug-likeness (QED) is 0.368. The summed E-state index contributed by atoms with van der Waals surface area (Å²) < 4.78 is 0. The van der Waals surface area contributed by atoms with Crippen LogP contribution >= 0.6 is 23.4 Å². The number of aromatic hydroxyl groups is 1. The van der Waals surface area contributed by atoms with E-state index in [1.54, 1.807) is 11.8 Å². The zero-order valence-electron chi connectivity index (χ0n) is 23.9. The standard InChI is InChI=1S/C22H33NOS.C5H10ClNO.C2H6/c1-9-14(2)18-10-11-23-20(25-18)15-12-16(21(3,4)5)19(24)17(13-15)22(6,7)8;1-2-7-5(8)3-4-6;1-2/h10,12-14,24H,9,11H2,1-8H3;2-4H2,1H3,(H,7,8);1-2H3. The highest BCUT2D eigenvalue weighted by molar-refractivity contribution is 8.17. The zero-order chi connectivity index (χ0) is 27.4. The molecule has 0 spiro atoms. The number of hydrogen-bond donors (Lipinski definition) is 2. The summed E-state index contributed by atoms with van der Waals surface area (Å²) in [6.07, 6.45) is 3.82. The lowest BCUT2D eigenvalue weighted by Gasteiger charge is -2.29. The van der Waals surface area contributed by atoms with Gasteiger partial charge in [0, 0.05) is 35.5 Å². The Balaban J connectivity index is 0.000000982. The van der Waals surface area contributed by atoms with Gasteiger partial charge in [-0.1, -0.05) is 87.1 Å². The number of nitrogens with one attached hydrogen (secondary N) is 1. The maximum Gasteiger partial charge on any atom is 0.221 e. The number of rotatable bonds is 6. The molecule has 0 saturated heterocycles. The maximum atomic E-state index is 10.9. The molecular weight excluding hydrogens is 476 g/mol. The van der Waals surface area contributed by atoms with E-state index in [0.29, 0.717) is 30.5 Å². The molecule has 1 atom stereocenters. The Morgan fingerprint density at radius 3 is 2.03 bits per heavy atom. The number of halogens is 1. The number of allylic oxidation sites excluding steroid dienone is 1. The van der Waals surface area contributed by atoms with Crippen LogP contribution in [0.1, 0.15) is 106 Å². The van der Waals surface area contributed by atoms with Gasteiger partial charge in [0.25, 0.3) is 0 Å². The van der Waals surface area contributed by atoms with Crippen LogP contribution in [0, 0.1) is 5.92 Å². The number of thioether (sulfide) groups is 1. The fraction of sp³-hybridized carbons (Fsp3) is 0.655. The third-order valence-electron chi connectivity index (χ3n) is 5.51. The Bertz CT molecular complexity index is 821. The number of hydrogen-bond acceptors (Lipinski definition) is 4. The molecule has 35 heavy (non-hydrogen) atoms. The maximum absolute atomic E-state index is 10.9. The molecule has 1 unspecified atom stereocenters. The average molecular weight is 525 g/mol. The first-order valence-corrected chi connectivity index (χ1v) is 14.2. The summed E-state index contributed by atoms with van der Waals surface area (Å²) in [7, 11) is 0. The van der Waals surface area contributed by atoms with E-state index < -0.39 is 0 Å². The van der Waals surface area contributed by atoms with Crippen LogP contribution in [0.15, 0.2) is 28.1 Å². The summed E-state index contributed by atoms with van der Waals surface area (Å²) in [5, 5.41) is 14.6. The largest absolute Gasteiger partial charge is 0.507 e. The van der Waals surface area contributed by atoms with Gasteiger partial charge >= 0.3 is 0 Å². The number of amides is 1. The Morgan fingerprint density at radius 1 is 1.11 bits per heavy atom. The molecule has 1 heterocycles. The van der Waals surface area contributed by atoms with Crippen LogP contribution in [-0.4, -0.2) is 35.0 Å². The molecule has 1 amide bonds. The summed E-state index contributed by atoms with van der Waals surface area (Å²) in [4.78, 5) is 16.6. The molecule has 0 saturated carbocycles. The third-order valence-corrected chi connectivity index (χ3v) is 7.06. The number of carbonyl (C=O) groups excluding carboxylic acids is 1. The van der Waals surface area contributed by atoms with Gasteiger partial charge < -0.3 is 10.4 Å². The van der Waals surface area contributed by atoms with Gasteiger partial charge in [-0.3, -0.25) is 9.79 Å².